The molecule has 2 aromatic carbocycles. The molecule has 0 saturated carbocycles. The highest BCUT2D eigenvalue weighted by atomic mass is 16.5. The summed E-state index contributed by atoms with van der Waals surface area (Å²) in [6.45, 7) is 0.966. The summed E-state index contributed by atoms with van der Waals surface area (Å²) in [7, 11) is 0. The Balaban J connectivity index is 1.42. The minimum absolute atomic E-state index is 0.244. The van der Waals surface area contributed by atoms with Crippen molar-refractivity contribution >= 4 is 11.7 Å². The number of hydrogen-bond donors (Lipinski definition) is 1. The minimum atomic E-state index is -0.244. The first kappa shape index (κ1) is 18.4. The molecule has 1 amide bonds. The topological polar surface area (TPSA) is 69.0 Å². The Morgan fingerprint density at radius 3 is 2.38 bits per heavy atom. The molecular formula is C23H20N4O2. The molecule has 0 bridgehead atoms. The zero-order chi connectivity index (χ0) is 19.9. The summed E-state index contributed by atoms with van der Waals surface area (Å²) in [6.07, 6.45) is 3.23. The summed E-state index contributed by atoms with van der Waals surface area (Å²) in [5.41, 5.74) is 2.61. The first-order valence-electron chi connectivity index (χ1n) is 9.28. The van der Waals surface area contributed by atoms with Crippen LogP contribution in [0.4, 0.5) is 5.82 Å². The Morgan fingerprint density at radius 1 is 0.897 bits per heavy atom. The molecule has 2 heterocycles. The average Bonchev–Trinajstić information content (AvgIpc) is 3.20. The van der Waals surface area contributed by atoms with Crippen LogP contribution in [0.3, 0.4) is 0 Å². The lowest BCUT2D eigenvalue weighted by molar-refractivity contribution is 0.102. The Hall–Kier alpha value is -3.93. The van der Waals surface area contributed by atoms with Gasteiger partial charge in [0, 0.05) is 23.9 Å². The van der Waals surface area contributed by atoms with Crippen molar-refractivity contribution in [3.8, 4) is 5.88 Å². The van der Waals surface area contributed by atoms with Gasteiger partial charge in [-0.05, 0) is 17.2 Å². The normalized spacial score (nSPS) is 10.5. The second-order valence-electron chi connectivity index (χ2n) is 6.47. The van der Waals surface area contributed by atoms with E-state index in [0.29, 0.717) is 30.4 Å². The van der Waals surface area contributed by atoms with Crippen molar-refractivity contribution in [2.24, 2.45) is 0 Å². The highest BCUT2D eigenvalue weighted by molar-refractivity contribution is 6.03. The lowest BCUT2D eigenvalue weighted by atomic mass is 10.2. The molecule has 0 saturated heterocycles. The van der Waals surface area contributed by atoms with Gasteiger partial charge >= 0.3 is 0 Å². The Morgan fingerprint density at radius 2 is 1.62 bits per heavy atom. The van der Waals surface area contributed by atoms with Crippen LogP contribution in [0.1, 0.15) is 21.5 Å². The molecule has 6 nitrogen and oxygen atoms in total. The molecule has 2 aromatic heterocycles. The number of pyridine rings is 1. The molecule has 4 aromatic rings. The van der Waals surface area contributed by atoms with Crippen LogP contribution in [0.25, 0.3) is 0 Å². The van der Waals surface area contributed by atoms with E-state index in [4.69, 9.17) is 4.74 Å². The standard InChI is InChI=1S/C23H20N4O2/c28-23(26-21-12-14-25-27(21)16-18-7-3-1-4-8-18)20-11-13-24-22(15-20)29-17-19-9-5-2-6-10-19/h1-15H,16-17H2,(H,26,28). The van der Waals surface area contributed by atoms with Gasteiger partial charge in [-0.3, -0.25) is 4.79 Å². The molecule has 6 heteroatoms. The van der Waals surface area contributed by atoms with Crippen molar-refractivity contribution in [3.05, 3.63) is 108 Å². The lowest BCUT2D eigenvalue weighted by Crippen LogP contribution is -2.16. The summed E-state index contributed by atoms with van der Waals surface area (Å²) >= 11 is 0. The SMILES string of the molecule is O=C(Nc1ccnn1Cc1ccccc1)c1ccnc(OCc2ccccc2)c1. The second kappa shape index (κ2) is 8.84. The number of benzene rings is 2. The van der Waals surface area contributed by atoms with Crippen molar-refractivity contribution in [2.45, 2.75) is 13.2 Å². The molecule has 0 spiro atoms. The fraction of sp³-hybridized carbons (Fsp3) is 0.0870. The Kier molecular flexibility index (Phi) is 5.62. The molecule has 4 rings (SSSR count). The Labute approximate surface area is 168 Å². The van der Waals surface area contributed by atoms with Gasteiger partial charge in [-0.2, -0.15) is 5.10 Å². The molecule has 0 aliphatic heterocycles. The van der Waals surface area contributed by atoms with Crippen molar-refractivity contribution in [2.75, 3.05) is 5.32 Å². The molecule has 144 valence electrons. The van der Waals surface area contributed by atoms with Crippen LogP contribution < -0.4 is 10.1 Å². The van der Waals surface area contributed by atoms with Crippen molar-refractivity contribution in [1.82, 2.24) is 14.8 Å². The van der Waals surface area contributed by atoms with E-state index >= 15 is 0 Å². The van der Waals surface area contributed by atoms with Gasteiger partial charge in [0.1, 0.15) is 12.4 Å². The number of amides is 1. The molecule has 0 aliphatic carbocycles. The molecule has 0 fully saturated rings. The smallest absolute Gasteiger partial charge is 0.257 e. The van der Waals surface area contributed by atoms with Crippen LogP contribution in [0.5, 0.6) is 5.88 Å². The highest BCUT2D eigenvalue weighted by Gasteiger charge is 2.11. The summed E-state index contributed by atoms with van der Waals surface area (Å²) in [6, 6.07) is 24.8. The van der Waals surface area contributed by atoms with E-state index in [1.54, 1.807) is 35.3 Å². The molecule has 0 radical (unpaired) electrons. The predicted molar refractivity (Wildman–Crippen MR) is 111 cm³/mol. The average molecular weight is 384 g/mol. The number of hydrogen-bond acceptors (Lipinski definition) is 4. The van der Waals surface area contributed by atoms with E-state index in [1.807, 2.05) is 60.7 Å². The highest BCUT2D eigenvalue weighted by Crippen LogP contribution is 2.15. The number of nitrogens with zero attached hydrogens (tertiary/aromatic N) is 3. The summed E-state index contributed by atoms with van der Waals surface area (Å²) in [5.74, 6) is 0.786. The number of carbonyl (C=O) groups excluding carboxylic acids is 1. The lowest BCUT2D eigenvalue weighted by Gasteiger charge is -2.10. The second-order valence-corrected chi connectivity index (χ2v) is 6.47. The molecule has 29 heavy (non-hydrogen) atoms. The third-order valence-electron chi connectivity index (χ3n) is 4.36. The predicted octanol–water partition coefficient (Wildman–Crippen LogP) is 4.16. The number of anilines is 1. The number of ether oxygens (including phenoxy) is 1. The van der Waals surface area contributed by atoms with Crippen LogP contribution in [0.2, 0.25) is 0 Å². The van der Waals surface area contributed by atoms with Crippen LogP contribution in [-0.2, 0) is 13.2 Å². The number of rotatable bonds is 7. The Bertz CT molecular complexity index is 1080. The van der Waals surface area contributed by atoms with Gasteiger partial charge in [0.05, 0.1) is 12.7 Å². The van der Waals surface area contributed by atoms with E-state index < -0.39 is 0 Å². The van der Waals surface area contributed by atoms with E-state index in [0.717, 1.165) is 11.1 Å². The minimum Gasteiger partial charge on any atom is -0.473 e. The monoisotopic (exact) mass is 384 g/mol. The van der Waals surface area contributed by atoms with Gasteiger partial charge in [0.2, 0.25) is 5.88 Å². The quantitative estimate of drug-likeness (QED) is 0.520. The van der Waals surface area contributed by atoms with Crippen LogP contribution in [0, 0.1) is 0 Å². The molecule has 0 unspecified atom stereocenters. The first-order chi connectivity index (χ1) is 14.3. The third-order valence-corrected chi connectivity index (χ3v) is 4.36. The zero-order valence-electron chi connectivity index (χ0n) is 15.7. The van der Waals surface area contributed by atoms with E-state index in [1.165, 1.54) is 0 Å². The van der Waals surface area contributed by atoms with Crippen LogP contribution >= 0.6 is 0 Å². The third kappa shape index (κ3) is 4.87. The number of nitrogens with one attached hydrogen (secondary N) is 1. The summed E-state index contributed by atoms with van der Waals surface area (Å²) < 4.78 is 7.46. The number of carbonyl (C=O) groups is 1. The molecule has 0 aliphatic rings. The van der Waals surface area contributed by atoms with Gasteiger partial charge in [0.15, 0.2) is 0 Å². The number of aromatic nitrogens is 3. The zero-order valence-corrected chi connectivity index (χ0v) is 15.7. The molecule has 1 N–H and O–H groups in total. The maximum Gasteiger partial charge on any atom is 0.257 e. The first-order valence-corrected chi connectivity index (χ1v) is 9.28. The molecular weight excluding hydrogens is 364 g/mol. The summed E-state index contributed by atoms with van der Waals surface area (Å²) in [4.78, 5) is 16.9. The van der Waals surface area contributed by atoms with E-state index in [2.05, 4.69) is 15.4 Å². The van der Waals surface area contributed by atoms with E-state index in [-0.39, 0.29) is 5.91 Å². The van der Waals surface area contributed by atoms with Crippen molar-refractivity contribution < 1.29 is 9.53 Å². The van der Waals surface area contributed by atoms with Gasteiger partial charge in [-0.25, -0.2) is 9.67 Å². The van der Waals surface area contributed by atoms with Gasteiger partial charge in [-0.1, -0.05) is 60.7 Å². The largest absolute Gasteiger partial charge is 0.473 e. The fourth-order valence-electron chi connectivity index (χ4n) is 2.87. The fourth-order valence-corrected chi connectivity index (χ4v) is 2.87. The van der Waals surface area contributed by atoms with E-state index in [9.17, 15) is 4.79 Å². The van der Waals surface area contributed by atoms with Crippen molar-refractivity contribution in [3.63, 3.8) is 0 Å². The molecule has 0 atom stereocenters. The maximum absolute atomic E-state index is 12.7. The van der Waals surface area contributed by atoms with Crippen LogP contribution in [-0.4, -0.2) is 20.7 Å². The van der Waals surface area contributed by atoms with Gasteiger partial charge < -0.3 is 10.1 Å². The van der Waals surface area contributed by atoms with Gasteiger partial charge in [0.25, 0.3) is 5.91 Å². The van der Waals surface area contributed by atoms with Gasteiger partial charge in [-0.15, -0.1) is 0 Å². The van der Waals surface area contributed by atoms with Crippen molar-refractivity contribution in [1.29, 1.82) is 0 Å². The van der Waals surface area contributed by atoms with Crippen LogP contribution in [0.15, 0.2) is 91.3 Å². The maximum atomic E-state index is 12.7. The summed E-state index contributed by atoms with van der Waals surface area (Å²) in [5, 5.41) is 7.21.